The molecule has 1 fully saturated rings. The van der Waals surface area contributed by atoms with Crippen molar-refractivity contribution in [1.29, 1.82) is 0 Å². The molecule has 180 valence electrons. The second-order valence-electron chi connectivity index (χ2n) is 8.78. The highest BCUT2D eigenvalue weighted by atomic mass is 19.2. The van der Waals surface area contributed by atoms with Crippen LogP contribution in [0.2, 0.25) is 0 Å². The van der Waals surface area contributed by atoms with Gasteiger partial charge in [0.05, 0.1) is 41.0 Å². The van der Waals surface area contributed by atoms with Gasteiger partial charge in [0.15, 0.2) is 11.6 Å². The van der Waals surface area contributed by atoms with Crippen LogP contribution >= 0.6 is 0 Å². The molecule has 0 radical (unpaired) electrons. The van der Waals surface area contributed by atoms with E-state index in [0.717, 1.165) is 6.07 Å². The molecule has 2 aliphatic heterocycles. The number of hydrogen-bond acceptors (Lipinski definition) is 7. The molecule has 0 aliphatic carbocycles. The van der Waals surface area contributed by atoms with Crippen LogP contribution < -0.4 is 10.6 Å². The number of ether oxygens (including phenoxy) is 1. The fourth-order valence-electron chi connectivity index (χ4n) is 4.86. The molecule has 3 aromatic rings. The van der Waals surface area contributed by atoms with Gasteiger partial charge in [-0.1, -0.05) is 0 Å². The first kappa shape index (κ1) is 22.6. The van der Waals surface area contributed by atoms with Crippen LogP contribution in [0.5, 0.6) is 0 Å². The van der Waals surface area contributed by atoms with Crippen LogP contribution in [0.3, 0.4) is 0 Å². The molecule has 4 heterocycles. The Balaban J connectivity index is 1.71. The molecular weight excluding hydrogens is 444 g/mol. The van der Waals surface area contributed by atoms with Crippen LogP contribution in [0, 0.1) is 18.6 Å². The van der Waals surface area contributed by atoms with Crippen molar-refractivity contribution in [2.45, 2.75) is 45.0 Å². The Labute approximate surface area is 195 Å². The van der Waals surface area contributed by atoms with E-state index >= 15 is 4.39 Å². The van der Waals surface area contributed by atoms with Crippen molar-refractivity contribution in [3.8, 4) is 11.3 Å². The molecule has 5 rings (SSSR count). The third-order valence-corrected chi connectivity index (χ3v) is 6.43. The summed E-state index contributed by atoms with van der Waals surface area (Å²) >= 11 is 0. The number of amides is 1. The van der Waals surface area contributed by atoms with E-state index in [9.17, 15) is 9.18 Å². The molecule has 0 spiro atoms. The average molecular weight is 472 g/mol. The van der Waals surface area contributed by atoms with E-state index in [1.165, 1.54) is 6.20 Å². The number of fused-ring (bicyclic) bond motifs is 5. The number of nitrogens with zero attached hydrogens (tertiary/aromatic N) is 5. The molecule has 1 aromatic carbocycles. The fourth-order valence-corrected chi connectivity index (χ4v) is 4.86. The summed E-state index contributed by atoms with van der Waals surface area (Å²) in [6, 6.07) is 2.22. The summed E-state index contributed by atoms with van der Waals surface area (Å²) in [5.41, 5.74) is 1.03. The van der Waals surface area contributed by atoms with Gasteiger partial charge in [0.2, 0.25) is 11.9 Å². The summed E-state index contributed by atoms with van der Waals surface area (Å²) in [5, 5.41) is 6.47. The highest BCUT2D eigenvalue weighted by molar-refractivity contribution is 5.92. The lowest BCUT2D eigenvalue weighted by Gasteiger charge is -2.27. The molecule has 0 unspecified atom stereocenters. The molecule has 2 N–H and O–H groups in total. The molecule has 9 nitrogen and oxygen atoms in total. The van der Waals surface area contributed by atoms with Gasteiger partial charge in [0, 0.05) is 45.0 Å². The van der Waals surface area contributed by atoms with Crippen LogP contribution in [0.1, 0.15) is 19.2 Å². The molecular formula is C23H27F2N7O2. The van der Waals surface area contributed by atoms with Crippen LogP contribution in [-0.2, 0) is 16.1 Å². The molecule has 34 heavy (non-hydrogen) atoms. The van der Waals surface area contributed by atoms with E-state index in [1.807, 2.05) is 11.5 Å². The standard InChI is InChI=1S/C23H27F2N7O2/c1-4-34-14-10-31(3)22(33)18-7-13(9-27-18)29-23-26-6-5-16(30-23)19-20(25)15(24)8-17-21(19)32(11-14)12(2)28-17/h5-6,8,13-14,18,27H,4,7,9-11H2,1-3H3,(H,26,29,30)/t13-,14-,18-/m0/s1. The van der Waals surface area contributed by atoms with Crippen LogP contribution in [0.4, 0.5) is 14.7 Å². The number of carbonyl (C=O) groups is 1. The molecule has 2 aromatic heterocycles. The molecule has 1 amide bonds. The maximum Gasteiger partial charge on any atom is 0.239 e. The van der Waals surface area contributed by atoms with E-state index in [2.05, 4.69) is 25.6 Å². The Morgan fingerprint density at radius 3 is 2.88 bits per heavy atom. The van der Waals surface area contributed by atoms with Crippen molar-refractivity contribution in [2.24, 2.45) is 0 Å². The third kappa shape index (κ3) is 3.98. The van der Waals surface area contributed by atoms with Crippen molar-refractivity contribution < 1.29 is 18.3 Å². The zero-order valence-electron chi connectivity index (χ0n) is 19.3. The Bertz CT molecular complexity index is 1250. The Morgan fingerprint density at radius 1 is 1.26 bits per heavy atom. The predicted molar refractivity (Wildman–Crippen MR) is 122 cm³/mol. The van der Waals surface area contributed by atoms with E-state index in [4.69, 9.17) is 4.74 Å². The second-order valence-corrected chi connectivity index (χ2v) is 8.78. The van der Waals surface area contributed by atoms with Crippen molar-refractivity contribution in [1.82, 2.24) is 29.7 Å². The monoisotopic (exact) mass is 471 g/mol. The van der Waals surface area contributed by atoms with Gasteiger partial charge in [0.25, 0.3) is 0 Å². The molecule has 3 atom stereocenters. The number of anilines is 1. The largest absolute Gasteiger partial charge is 0.375 e. The fraction of sp³-hybridized carbons (Fsp3) is 0.478. The highest BCUT2D eigenvalue weighted by Gasteiger charge is 2.33. The minimum atomic E-state index is -0.995. The quantitative estimate of drug-likeness (QED) is 0.591. The summed E-state index contributed by atoms with van der Waals surface area (Å²) < 4.78 is 37.7. The topological polar surface area (TPSA) is 97.2 Å². The first-order valence-corrected chi connectivity index (χ1v) is 11.4. The van der Waals surface area contributed by atoms with Gasteiger partial charge >= 0.3 is 0 Å². The van der Waals surface area contributed by atoms with Gasteiger partial charge in [-0.15, -0.1) is 0 Å². The lowest BCUT2D eigenvalue weighted by Crippen LogP contribution is -2.45. The number of hydrogen-bond donors (Lipinski definition) is 2. The molecule has 2 aliphatic rings. The molecule has 11 heteroatoms. The Morgan fingerprint density at radius 2 is 2.09 bits per heavy atom. The maximum absolute atomic E-state index is 15.3. The van der Waals surface area contributed by atoms with Gasteiger partial charge in [-0.05, 0) is 26.3 Å². The van der Waals surface area contributed by atoms with Gasteiger partial charge in [0.1, 0.15) is 5.82 Å². The minimum Gasteiger partial charge on any atom is -0.375 e. The van der Waals surface area contributed by atoms with Crippen molar-refractivity contribution in [3.05, 3.63) is 35.8 Å². The predicted octanol–water partition coefficient (Wildman–Crippen LogP) is 2.10. The minimum absolute atomic E-state index is 0.0259. The number of imidazole rings is 1. The average Bonchev–Trinajstić information content (AvgIpc) is 3.38. The smallest absolute Gasteiger partial charge is 0.239 e. The number of halogens is 2. The summed E-state index contributed by atoms with van der Waals surface area (Å²) in [4.78, 5) is 28.0. The number of nitrogens with one attached hydrogen (secondary N) is 2. The normalized spacial score (nSPS) is 23.0. The van der Waals surface area contributed by atoms with Crippen molar-refractivity contribution >= 4 is 22.9 Å². The number of rotatable bonds is 2. The second kappa shape index (κ2) is 8.88. The van der Waals surface area contributed by atoms with E-state index < -0.39 is 11.6 Å². The first-order chi connectivity index (χ1) is 16.4. The zero-order chi connectivity index (χ0) is 24.0. The number of carbonyl (C=O) groups excluding carboxylic acids is 1. The maximum atomic E-state index is 15.3. The number of aromatic nitrogens is 4. The Hall–Kier alpha value is -3.18. The van der Waals surface area contributed by atoms with Gasteiger partial charge in [-0.25, -0.2) is 23.7 Å². The van der Waals surface area contributed by atoms with Gasteiger partial charge < -0.3 is 24.8 Å². The van der Waals surface area contributed by atoms with E-state index in [1.54, 1.807) is 24.9 Å². The van der Waals surface area contributed by atoms with E-state index in [0.29, 0.717) is 49.5 Å². The lowest BCUT2D eigenvalue weighted by atomic mass is 10.1. The highest BCUT2D eigenvalue weighted by Crippen LogP contribution is 2.33. The van der Waals surface area contributed by atoms with Crippen LogP contribution in [0.15, 0.2) is 18.3 Å². The summed E-state index contributed by atoms with van der Waals surface area (Å²) in [6.45, 7) is 5.31. The zero-order valence-corrected chi connectivity index (χ0v) is 19.3. The van der Waals surface area contributed by atoms with Crippen molar-refractivity contribution in [2.75, 3.05) is 32.1 Å². The third-order valence-electron chi connectivity index (χ3n) is 6.43. The Kier molecular flexibility index (Phi) is 5.90. The molecule has 1 saturated heterocycles. The summed E-state index contributed by atoms with van der Waals surface area (Å²) in [6.07, 6.45) is 1.68. The SMILES string of the molecule is CCO[C@H]1CN(C)C(=O)[C@@H]2C[C@@H](CN2)Nc2nccc(n2)-c2c(F)c(F)cc3nc(C)n(c23)C1. The van der Waals surface area contributed by atoms with Crippen LogP contribution in [-0.4, -0.2) is 75.3 Å². The lowest BCUT2D eigenvalue weighted by molar-refractivity contribution is -0.133. The van der Waals surface area contributed by atoms with E-state index in [-0.39, 0.29) is 41.3 Å². The summed E-state index contributed by atoms with van der Waals surface area (Å²) in [5.74, 6) is -1.15. The summed E-state index contributed by atoms with van der Waals surface area (Å²) in [7, 11) is 1.75. The van der Waals surface area contributed by atoms with Crippen LogP contribution in [0.25, 0.3) is 22.3 Å². The van der Waals surface area contributed by atoms with Crippen molar-refractivity contribution in [3.63, 3.8) is 0 Å². The molecule has 4 bridgehead atoms. The van der Waals surface area contributed by atoms with Gasteiger partial charge in [-0.2, -0.15) is 0 Å². The first-order valence-electron chi connectivity index (χ1n) is 11.4. The number of likely N-dealkylation sites (N-methyl/N-ethyl adjacent to an activating group) is 1. The number of aryl methyl sites for hydroxylation is 1. The molecule has 0 saturated carbocycles. The van der Waals surface area contributed by atoms with Gasteiger partial charge in [-0.3, -0.25) is 4.79 Å². The number of benzene rings is 1.